The largest absolute Gasteiger partial charge is 0.497 e. The Balaban J connectivity index is 1.45. The molecule has 0 aromatic heterocycles. The fourth-order valence-corrected chi connectivity index (χ4v) is 8.18. The van der Waals surface area contributed by atoms with Crippen molar-refractivity contribution in [3.05, 3.63) is 83.4 Å². The van der Waals surface area contributed by atoms with Crippen LogP contribution in [0.5, 0.6) is 11.5 Å². The minimum Gasteiger partial charge on any atom is -0.497 e. The molecule has 0 saturated carbocycles. The Kier molecular flexibility index (Phi) is 12.5. The fourth-order valence-electron chi connectivity index (χ4n) is 6.54. The van der Waals surface area contributed by atoms with Crippen molar-refractivity contribution in [2.24, 2.45) is 0 Å². The smallest absolute Gasteiger partial charge is 0.243 e. The summed E-state index contributed by atoms with van der Waals surface area (Å²) in [6, 6.07) is 20.2. The van der Waals surface area contributed by atoms with E-state index in [1.54, 1.807) is 45.6 Å². The van der Waals surface area contributed by atoms with Crippen molar-refractivity contribution >= 4 is 21.5 Å². The standard InChI is InChI=1S/C37H48N2O8S/c1-27-6-13-33(14-7-27)48(41,42)39-25-37(47-26-28-8-15-36-35(22-28)38(18-21-46-36)17-5-19-43-2)34(29-9-11-32(45-4)12-10-29)24-30(39)23-31(40)16-20-44-3/h6-15,22,30,34,37H,5,16-21,23-26H2,1-4H3/t30-,34+,37-/m0/s1. The van der Waals surface area contributed by atoms with Gasteiger partial charge in [0.1, 0.15) is 23.9 Å². The number of carbonyl (C=O) groups excluding carboxylic acids is 1. The zero-order valence-electron chi connectivity index (χ0n) is 28.4. The Labute approximate surface area is 284 Å². The first kappa shape index (κ1) is 35.8. The fraction of sp³-hybridized carbons (Fsp3) is 0.486. The molecule has 3 atom stereocenters. The number of anilines is 1. The highest BCUT2D eigenvalue weighted by Gasteiger charge is 2.43. The number of carbonyl (C=O) groups is 1. The minimum absolute atomic E-state index is 0.0369. The van der Waals surface area contributed by atoms with Crippen LogP contribution in [-0.2, 0) is 35.6 Å². The second kappa shape index (κ2) is 16.8. The third kappa shape index (κ3) is 8.75. The third-order valence-corrected chi connectivity index (χ3v) is 11.1. The number of fused-ring (bicyclic) bond motifs is 1. The van der Waals surface area contributed by atoms with Crippen molar-refractivity contribution in [2.75, 3.05) is 65.7 Å². The maximum Gasteiger partial charge on any atom is 0.243 e. The summed E-state index contributed by atoms with van der Waals surface area (Å²) in [5, 5.41) is 0. The summed E-state index contributed by atoms with van der Waals surface area (Å²) in [6.45, 7) is 5.56. The summed E-state index contributed by atoms with van der Waals surface area (Å²) in [4.78, 5) is 15.6. The van der Waals surface area contributed by atoms with Crippen molar-refractivity contribution < 1.29 is 36.9 Å². The maximum absolute atomic E-state index is 14.2. The summed E-state index contributed by atoms with van der Waals surface area (Å²) < 4.78 is 58.4. The van der Waals surface area contributed by atoms with Crippen LogP contribution in [0, 0.1) is 6.92 Å². The van der Waals surface area contributed by atoms with E-state index in [1.165, 1.54) is 4.31 Å². The van der Waals surface area contributed by atoms with Crippen molar-refractivity contribution in [2.45, 2.75) is 62.2 Å². The Bertz CT molecular complexity index is 1600. The number of rotatable bonds is 16. The van der Waals surface area contributed by atoms with E-state index in [9.17, 15) is 13.2 Å². The van der Waals surface area contributed by atoms with Gasteiger partial charge in [-0.15, -0.1) is 0 Å². The van der Waals surface area contributed by atoms with Gasteiger partial charge in [-0.2, -0.15) is 4.31 Å². The predicted molar refractivity (Wildman–Crippen MR) is 185 cm³/mol. The SMILES string of the molecule is COCCCN1CCOc2ccc(CO[C@H]3CN(S(=O)(=O)c4ccc(C)cc4)[C@@H](CC(=O)CCOC)C[C@@H]3c3ccc(OC)cc3)cc21. The molecule has 0 spiro atoms. The number of piperidine rings is 1. The van der Waals surface area contributed by atoms with Crippen molar-refractivity contribution in [3.63, 3.8) is 0 Å². The minimum atomic E-state index is -3.94. The molecule has 0 bridgehead atoms. The van der Waals surface area contributed by atoms with Gasteiger partial charge in [0.25, 0.3) is 0 Å². The van der Waals surface area contributed by atoms with E-state index in [1.807, 2.05) is 43.3 Å². The molecule has 0 unspecified atom stereocenters. The lowest BCUT2D eigenvalue weighted by atomic mass is 9.82. The molecular weight excluding hydrogens is 632 g/mol. The molecule has 3 aromatic carbocycles. The Morgan fingerprint density at radius 3 is 2.42 bits per heavy atom. The highest BCUT2D eigenvalue weighted by Crippen LogP contribution is 2.39. The second-order valence-electron chi connectivity index (χ2n) is 12.5. The molecule has 48 heavy (non-hydrogen) atoms. The number of hydrogen-bond acceptors (Lipinski definition) is 9. The van der Waals surface area contributed by atoms with Gasteiger partial charge in [0, 0.05) is 58.7 Å². The number of aryl methyl sites for hydroxylation is 1. The lowest BCUT2D eigenvalue weighted by molar-refractivity contribution is -0.121. The van der Waals surface area contributed by atoms with Crippen LogP contribution >= 0.6 is 0 Å². The Hall–Kier alpha value is -3.48. The number of nitrogens with zero attached hydrogens (tertiary/aromatic N) is 2. The van der Waals surface area contributed by atoms with E-state index in [-0.39, 0.29) is 42.6 Å². The zero-order valence-corrected chi connectivity index (χ0v) is 29.2. The monoisotopic (exact) mass is 680 g/mol. The second-order valence-corrected chi connectivity index (χ2v) is 14.4. The summed E-state index contributed by atoms with van der Waals surface area (Å²) in [5.74, 6) is 1.37. The van der Waals surface area contributed by atoms with Gasteiger partial charge in [0.15, 0.2) is 0 Å². The summed E-state index contributed by atoms with van der Waals surface area (Å²) in [6.07, 6.45) is 1.17. The molecule has 0 radical (unpaired) electrons. The molecule has 0 aliphatic carbocycles. The lowest BCUT2D eigenvalue weighted by Gasteiger charge is -2.43. The molecule has 2 heterocycles. The van der Waals surface area contributed by atoms with Crippen LogP contribution in [0.3, 0.4) is 0 Å². The van der Waals surface area contributed by atoms with Crippen molar-refractivity contribution in [3.8, 4) is 11.5 Å². The lowest BCUT2D eigenvalue weighted by Crippen LogP contribution is -2.53. The normalized spacial score (nSPS) is 19.8. The number of benzene rings is 3. The van der Waals surface area contributed by atoms with Gasteiger partial charge in [-0.25, -0.2) is 8.42 Å². The van der Waals surface area contributed by atoms with Crippen molar-refractivity contribution in [1.29, 1.82) is 0 Å². The Morgan fingerprint density at radius 1 is 0.958 bits per heavy atom. The number of methoxy groups -OCH3 is 3. The molecule has 11 heteroatoms. The van der Waals surface area contributed by atoms with Crippen LogP contribution in [0.15, 0.2) is 71.6 Å². The van der Waals surface area contributed by atoms with Gasteiger partial charge < -0.3 is 28.6 Å². The van der Waals surface area contributed by atoms with Gasteiger partial charge in [-0.1, -0.05) is 35.9 Å². The summed E-state index contributed by atoms with van der Waals surface area (Å²) >= 11 is 0. The third-order valence-electron chi connectivity index (χ3n) is 9.19. The van der Waals surface area contributed by atoms with Crippen LogP contribution < -0.4 is 14.4 Å². The zero-order chi connectivity index (χ0) is 34.1. The first-order valence-electron chi connectivity index (χ1n) is 16.6. The molecule has 1 saturated heterocycles. The predicted octanol–water partition coefficient (Wildman–Crippen LogP) is 5.37. The summed E-state index contributed by atoms with van der Waals surface area (Å²) in [5.41, 5.74) is 3.96. The van der Waals surface area contributed by atoms with Gasteiger partial charge in [0.2, 0.25) is 10.0 Å². The van der Waals surface area contributed by atoms with Crippen LogP contribution in [-0.4, -0.2) is 91.4 Å². The molecule has 0 N–H and O–H groups in total. The maximum atomic E-state index is 14.2. The topological polar surface area (TPSA) is 104 Å². The molecular formula is C37H48N2O8S. The van der Waals surface area contributed by atoms with Crippen molar-refractivity contribution in [1.82, 2.24) is 4.31 Å². The van der Waals surface area contributed by atoms with Gasteiger partial charge >= 0.3 is 0 Å². The number of sulfonamides is 1. The van der Waals surface area contributed by atoms with Crippen LogP contribution in [0.25, 0.3) is 0 Å². The molecule has 1 fully saturated rings. The van der Waals surface area contributed by atoms with Gasteiger partial charge in [-0.05, 0) is 67.3 Å². The van der Waals surface area contributed by atoms with E-state index in [4.69, 9.17) is 23.7 Å². The van der Waals surface area contributed by atoms with E-state index in [0.29, 0.717) is 26.2 Å². The molecule has 2 aliphatic heterocycles. The van der Waals surface area contributed by atoms with Crippen LogP contribution in [0.1, 0.15) is 48.3 Å². The van der Waals surface area contributed by atoms with Crippen LogP contribution in [0.2, 0.25) is 0 Å². The number of hydrogen-bond donors (Lipinski definition) is 0. The molecule has 3 aromatic rings. The van der Waals surface area contributed by atoms with Crippen LogP contribution in [0.4, 0.5) is 5.69 Å². The molecule has 5 rings (SSSR count). The summed E-state index contributed by atoms with van der Waals surface area (Å²) in [7, 11) is 0.948. The highest BCUT2D eigenvalue weighted by atomic mass is 32.2. The van der Waals surface area contributed by atoms with E-state index < -0.39 is 22.2 Å². The molecule has 260 valence electrons. The Morgan fingerprint density at radius 2 is 1.71 bits per heavy atom. The number of Topliss-reactive ketones (excluding diaryl/α,β-unsaturated/α-hetero) is 1. The average molecular weight is 681 g/mol. The van der Waals surface area contributed by atoms with Gasteiger partial charge in [0.05, 0.1) is 43.6 Å². The molecule has 10 nitrogen and oxygen atoms in total. The first-order chi connectivity index (χ1) is 23.2. The number of ketones is 1. The first-order valence-corrected chi connectivity index (χ1v) is 18.0. The quantitative estimate of drug-likeness (QED) is 0.185. The average Bonchev–Trinajstić information content (AvgIpc) is 3.10. The molecule has 2 aliphatic rings. The number of ether oxygens (including phenoxy) is 5. The van der Waals surface area contributed by atoms with E-state index in [2.05, 4.69) is 11.0 Å². The van der Waals surface area contributed by atoms with E-state index in [0.717, 1.165) is 53.4 Å². The highest BCUT2D eigenvalue weighted by molar-refractivity contribution is 7.89. The van der Waals surface area contributed by atoms with Gasteiger partial charge in [-0.3, -0.25) is 4.79 Å². The van der Waals surface area contributed by atoms with E-state index >= 15 is 0 Å². The molecule has 0 amide bonds.